The molecule has 0 atom stereocenters. The number of piperazine rings is 1. The minimum atomic E-state index is -0.167. The molecule has 2 aromatic carbocycles. The van der Waals surface area contributed by atoms with Gasteiger partial charge in [-0.3, -0.25) is 14.6 Å². The molecule has 5 nitrogen and oxygen atoms in total. The van der Waals surface area contributed by atoms with Gasteiger partial charge in [0, 0.05) is 54.3 Å². The first-order valence-corrected chi connectivity index (χ1v) is 11.1. The van der Waals surface area contributed by atoms with Crippen LogP contribution in [-0.2, 0) is 4.79 Å². The second kappa shape index (κ2) is 7.80. The summed E-state index contributed by atoms with van der Waals surface area (Å²) in [7, 11) is 0. The smallest absolute Gasteiger partial charge is 0.253 e. The molecular weight excluding hydrogens is 386 g/mol. The summed E-state index contributed by atoms with van der Waals surface area (Å²) in [6.45, 7) is 4.51. The normalized spacial score (nSPS) is 18.0. The second-order valence-corrected chi connectivity index (χ2v) is 8.99. The second-order valence-electron chi connectivity index (χ2n) is 8.99. The zero-order chi connectivity index (χ0) is 21.4. The van der Waals surface area contributed by atoms with Crippen molar-refractivity contribution in [2.24, 2.45) is 5.41 Å². The largest absolute Gasteiger partial charge is 0.339 e. The molecule has 158 valence electrons. The summed E-state index contributed by atoms with van der Waals surface area (Å²) >= 11 is 0. The predicted molar refractivity (Wildman–Crippen MR) is 122 cm³/mol. The Morgan fingerprint density at radius 2 is 1.55 bits per heavy atom. The van der Waals surface area contributed by atoms with E-state index >= 15 is 0 Å². The lowest BCUT2D eigenvalue weighted by Crippen LogP contribution is -2.55. The first-order chi connectivity index (χ1) is 15.0. The van der Waals surface area contributed by atoms with Crippen molar-refractivity contribution in [2.75, 3.05) is 26.2 Å². The lowest BCUT2D eigenvalue weighted by Gasteiger charge is -2.43. The highest BCUT2D eigenvalue weighted by Crippen LogP contribution is 2.42. The van der Waals surface area contributed by atoms with Gasteiger partial charge in [-0.05, 0) is 42.7 Å². The molecule has 1 aromatic heterocycles. The number of amides is 2. The fourth-order valence-corrected chi connectivity index (χ4v) is 4.63. The molecule has 0 N–H and O–H groups in total. The molecule has 1 aliphatic carbocycles. The number of pyridine rings is 1. The Balaban J connectivity index is 1.24. The summed E-state index contributed by atoms with van der Waals surface area (Å²) in [4.78, 5) is 34.0. The van der Waals surface area contributed by atoms with Crippen LogP contribution in [0.1, 0.15) is 36.5 Å². The summed E-state index contributed by atoms with van der Waals surface area (Å²) in [5.74, 6) is 0.296. The Bertz CT molecular complexity index is 1130. The molecule has 2 heterocycles. The fourth-order valence-electron chi connectivity index (χ4n) is 4.63. The standard InChI is InChI=1S/C26H27N3O2/c1-26(11-4-12-26)25(31)29-15-13-28(14-16-29)24(30)20-9-7-19(8-10-20)22-17-21-5-2-3-6-23(21)27-18-22/h2-3,5-10,17-18H,4,11-16H2,1H3. The molecule has 5 rings (SSSR count). The van der Waals surface area contributed by atoms with Crippen molar-refractivity contribution >= 4 is 22.7 Å². The molecule has 1 aliphatic heterocycles. The van der Waals surface area contributed by atoms with Crippen molar-refractivity contribution in [2.45, 2.75) is 26.2 Å². The number of carbonyl (C=O) groups excluding carboxylic acids is 2. The quantitative estimate of drug-likeness (QED) is 0.640. The topological polar surface area (TPSA) is 53.5 Å². The predicted octanol–water partition coefficient (Wildman–Crippen LogP) is 4.38. The van der Waals surface area contributed by atoms with Gasteiger partial charge in [0.2, 0.25) is 5.91 Å². The molecule has 2 fully saturated rings. The molecule has 2 aliphatic rings. The van der Waals surface area contributed by atoms with Gasteiger partial charge in [0.25, 0.3) is 5.91 Å². The molecule has 0 spiro atoms. The van der Waals surface area contributed by atoms with Crippen LogP contribution in [0.2, 0.25) is 0 Å². The highest BCUT2D eigenvalue weighted by Gasteiger charge is 2.42. The van der Waals surface area contributed by atoms with Gasteiger partial charge in [-0.25, -0.2) is 0 Å². The minimum absolute atomic E-state index is 0.0325. The lowest BCUT2D eigenvalue weighted by atomic mass is 9.69. The number of nitrogens with zero attached hydrogens (tertiary/aromatic N) is 3. The van der Waals surface area contributed by atoms with Crippen LogP contribution in [0.4, 0.5) is 0 Å². The molecule has 5 heteroatoms. The van der Waals surface area contributed by atoms with Crippen molar-refractivity contribution in [1.29, 1.82) is 0 Å². The Kier molecular flexibility index (Phi) is 4.97. The molecule has 1 saturated heterocycles. The van der Waals surface area contributed by atoms with Gasteiger partial charge in [0.05, 0.1) is 5.52 Å². The summed E-state index contributed by atoms with van der Waals surface area (Å²) < 4.78 is 0. The summed E-state index contributed by atoms with van der Waals surface area (Å²) in [6, 6.07) is 17.9. The number of benzene rings is 2. The first kappa shape index (κ1) is 19.7. The number of para-hydroxylation sites is 1. The van der Waals surface area contributed by atoms with Gasteiger partial charge < -0.3 is 9.80 Å². The molecule has 31 heavy (non-hydrogen) atoms. The van der Waals surface area contributed by atoms with Crippen LogP contribution in [0.15, 0.2) is 60.8 Å². The number of hydrogen-bond donors (Lipinski definition) is 0. The lowest BCUT2D eigenvalue weighted by molar-refractivity contribution is -0.147. The maximum Gasteiger partial charge on any atom is 0.253 e. The van der Waals surface area contributed by atoms with E-state index in [-0.39, 0.29) is 17.2 Å². The van der Waals surface area contributed by atoms with Gasteiger partial charge in [0.15, 0.2) is 0 Å². The number of aromatic nitrogens is 1. The number of carbonyl (C=O) groups is 2. The van der Waals surface area contributed by atoms with Crippen molar-refractivity contribution in [3.63, 3.8) is 0 Å². The monoisotopic (exact) mass is 413 g/mol. The SMILES string of the molecule is CC1(C(=O)N2CCN(C(=O)c3ccc(-c4cnc5ccccc5c4)cc3)CC2)CCC1. The average Bonchev–Trinajstić information content (AvgIpc) is 2.81. The van der Waals surface area contributed by atoms with Crippen molar-refractivity contribution in [1.82, 2.24) is 14.8 Å². The zero-order valence-corrected chi connectivity index (χ0v) is 17.9. The molecule has 1 saturated carbocycles. The molecule has 3 aromatic rings. The minimum Gasteiger partial charge on any atom is -0.339 e. The van der Waals surface area contributed by atoms with E-state index in [2.05, 4.69) is 24.0 Å². The van der Waals surface area contributed by atoms with Crippen LogP contribution in [-0.4, -0.2) is 52.8 Å². The van der Waals surface area contributed by atoms with Crippen LogP contribution in [0.5, 0.6) is 0 Å². The molecular formula is C26H27N3O2. The summed E-state index contributed by atoms with van der Waals surface area (Å²) in [5, 5.41) is 1.10. The van der Waals surface area contributed by atoms with E-state index in [9.17, 15) is 9.59 Å². The van der Waals surface area contributed by atoms with Gasteiger partial charge in [-0.15, -0.1) is 0 Å². The Morgan fingerprint density at radius 3 is 2.23 bits per heavy atom. The first-order valence-electron chi connectivity index (χ1n) is 11.1. The molecule has 0 unspecified atom stereocenters. The van der Waals surface area contributed by atoms with Crippen molar-refractivity contribution in [3.05, 3.63) is 66.4 Å². The number of hydrogen-bond acceptors (Lipinski definition) is 3. The number of fused-ring (bicyclic) bond motifs is 1. The summed E-state index contributed by atoms with van der Waals surface area (Å²) in [6.07, 6.45) is 5.00. The van der Waals surface area contributed by atoms with E-state index in [1.165, 1.54) is 0 Å². The van der Waals surface area contributed by atoms with E-state index in [1.54, 1.807) is 0 Å². The van der Waals surface area contributed by atoms with E-state index in [1.807, 2.05) is 58.5 Å². The van der Waals surface area contributed by atoms with Crippen LogP contribution in [0.3, 0.4) is 0 Å². The fraction of sp³-hybridized carbons (Fsp3) is 0.346. The molecule has 0 bridgehead atoms. The Labute approximate surface area is 182 Å². The van der Waals surface area contributed by atoms with Crippen LogP contribution < -0.4 is 0 Å². The van der Waals surface area contributed by atoms with Crippen molar-refractivity contribution in [3.8, 4) is 11.1 Å². The van der Waals surface area contributed by atoms with Crippen LogP contribution in [0, 0.1) is 5.41 Å². The highest BCUT2D eigenvalue weighted by atomic mass is 16.2. The van der Waals surface area contributed by atoms with Crippen molar-refractivity contribution < 1.29 is 9.59 Å². The average molecular weight is 414 g/mol. The molecule has 2 amide bonds. The van der Waals surface area contributed by atoms with Gasteiger partial charge in [0.1, 0.15) is 0 Å². The van der Waals surface area contributed by atoms with Gasteiger partial charge in [-0.2, -0.15) is 0 Å². The molecule has 0 radical (unpaired) electrons. The maximum absolute atomic E-state index is 13.0. The van der Waals surface area contributed by atoms with E-state index in [0.29, 0.717) is 31.7 Å². The van der Waals surface area contributed by atoms with E-state index < -0.39 is 0 Å². The van der Waals surface area contributed by atoms with E-state index in [0.717, 1.165) is 41.3 Å². The third-order valence-electron chi connectivity index (χ3n) is 6.88. The van der Waals surface area contributed by atoms with Gasteiger partial charge >= 0.3 is 0 Å². The van der Waals surface area contributed by atoms with Crippen LogP contribution in [0.25, 0.3) is 22.0 Å². The Hall–Kier alpha value is -3.21. The van der Waals surface area contributed by atoms with E-state index in [4.69, 9.17) is 0 Å². The summed E-state index contributed by atoms with van der Waals surface area (Å²) in [5.41, 5.74) is 3.57. The highest BCUT2D eigenvalue weighted by molar-refractivity contribution is 5.95. The third kappa shape index (κ3) is 3.69. The zero-order valence-electron chi connectivity index (χ0n) is 17.9. The third-order valence-corrected chi connectivity index (χ3v) is 6.88. The maximum atomic E-state index is 13.0. The van der Waals surface area contributed by atoms with Gasteiger partial charge in [-0.1, -0.05) is 43.7 Å². The number of rotatable bonds is 3. The Morgan fingerprint density at radius 1 is 0.871 bits per heavy atom. The van der Waals surface area contributed by atoms with Crippen LogP contribution >= 0.6 is 0 Å².